The summed E-state index contributed by atoms with van der Waals surface area (Å²) in [5.74, 6) is 0. The van der Waals surface area contributed by atoms with Crippen molar-refractivity contribution in [3.8, 4) is 0 Å². The van der Waals surface area contributed by atoms with Crippen LogP contribution in [0.1, 0.15) is 40.3 Å². The van der Waals surface area contributed by atoms with E-state index < -0.39 is 12.5 Å². The average Bonchev–Trinajstić information content (AvgIpc) is 2.43. The normalized spacial score (nSPS) is 12.7. The number of hydrogen-bond donors (Lipinski definition) is 1. The monoisotopic (exact) mass is 276 g/mol. The van der Waals surface area contributed by atoms with Crippen LogP contribution in [0.5, 0.6) is 0 Å². The lowest BCUT2D eigenvalue weighted by Gasteiger charge is -2.14. The Kier molecular flexibility index (Phi) is 4.50. The Balaban J connectivity index is 2.21. The quantitative estimate of drug-likeness (QED) is 0.870. The molecule has 1 nitrogen and oxygen atoms in total. The minimum absolute atomic E-state index is 0.0532. The molecule has 106 valence electrons. The van der Waals surface area contributed by atoms with E-state index in [4.69, 9.17) is 0 Å². The Morgan fingerprint density at radius 1 is 1.00 bits per heavy atom. The minimum atomic E-state index is -2.51. The van der Waals surface area contributed by atoms with Crippen molar-refractivity contribution in [1.29, 1.82) is 0 Å². The van der Waals surface area contributed by atoms with Crippen molar-refractivity contribution >= 4 is 0 Å². The molecule has 0 bridgehead atoms. The molecule has 0 aliphatic rings. The molecule has 2 aromatic carbocycles. The first-order valence-corrected chi connectivity index (χ1v) is 6.59. The third kappa shape index (κ3) is 3.42. The van der Waals surface area contributed by atoms with Crippen LogP contribution < -0.4 is 0 Å². The molecule has 1 atom stereocenters. The molecule has 1 N–H and O–H groups in total. The highest BCUT2D eigenvalue weighted by atomic mass is 19.3. The van der Waals surface area contributed by atoms with Gasteiger partial charge in [-0.1, -0.05) is 42.0 Å². The second-order valence-corrected chi connectivity index (χ2v) is 5.12. The van der Waals surface area contributed by atoms with Gasteiger partial charge in [0, 0.05) is 12.0 Å². The lowest BCUT2D eigenvalue weighted by Crippen LogP contribution is -2.04. The number of hydrogen-bond acceptors (Lipinski definition) is 1. The lowest BCUT2D eigenvalue weighted by atomic mass is 9.96. The summed E-state index contributed by atoms with van der Waals surface area (Å²) in [6, 6.07) is 12.0. The molecule has 0 aliphatic carbocycles. The van der Waals surface area contributed by atoms with Crippen LogP contribution in [0, 0.1) is 13.8 Å². The molecule has 2 aromatic rings. The SMILES string of the molecule is Cc1ccc(C)c(CC(O)c2cccc(C(F)F)c2)c1. The van der Waals surface area contributed by atoms with E-state index >= 15 is 0 Å². The van der Waals surface area contributed by atoms with Gasteiger partial charge < -0.3 is 5.11 Å². The zero-order valence-electron chi connectivity index (χ0n) is 11.6. The van der Waals surface area contributed by atoms with E-state index in [0.29, 0.717) is 12.0 Å². The van der Waals surface area contributed by atoms with Crippen molar-refractivity contribution in [2.45, 2.75) is 32.8 Å². The van der Waals surface area contributed by atoms with Gasteiger partial charge >= 0.3 is 0 Å². The Morgan fingerprint density at radius 2 is 1.70 bits per heavy atom. The van der Waals surface area contributed by atoms with E-state index in [-0.39, 0.29) is 5.56 Å². The first kappa shape index (κ1) is 14.7. The van der Waals surface area contributed by atoms with Gasteiger partial charge in [0.2, 0.25) is 0 Å². The fourth-order valence-electron chi connectivity index (χ4n) is 2.25. The third-order valence-electron chi connectivity index (χ3n) is 3.47. The van der Waals surface area contributed by atoms with Gasteiger partial charge in [-0.25, -0.2) is 8.78 Å². The summed E-state index contributed by atoms with van der Waals surface area (Å²) < 4.78 is 25.3. The van der Waals surface area contributed by atoms with Crippen molar-refractivity contribution in [3.63, 3.8) is 0 Å². The summed E-state index contributed by atoms with van der Waals surface area (Å²) in [5.41, 5.74) is 3.74. The Labute approximate surface area is 117 Å². The van der Waals surface area contributed by atoms with Gasteiger partial charge in [0.05, 0.1) is 6.10 Å². The topological polar surface area (TPSA) is 20.2 Å². The van der Waals surface area contributed by atoms with Crippen LogP contribution in [0.4, 0.5) is 8.78 Å². The predicted molar refractivity (Wildman–Crippen MR) is 76.0 cm³/mol. The van der Waals surface area contributed by atoms with E-state index in [1.807, 2.05) is 32.0 Å². The highest BCUT2D eigenvalue weighted by Gasteiger charge is 2.13. The van der Waals surface area contributed by atoms with Crippen LogP contribution in [0.15, 0.2) is 42.5 Å². The summed E-state index contributed by atoms with van der Waals surface area (Å²) in [6.45, 7) is 3.98. The van der Waals surface area contributed by atoms with E-state index in [0.717, 1.165) is 16.7 Å². The molecule has 2 rings (SSSR count). The first-order chi connectivity index (χ1) is 9.47. The fraction of sp³-hybridized carbons (Fsp3) is 0.294. The maximum Gasteiger partial charge on any atom is 0.263 e. The molecule has 0 aromatic heterocycles. The number of aliphatic hydroxyl groups excluding tert-OH is 1. The van der Waals surface area contributed by atoms with Crippen molar-refractivity contribution in [2.75, 3.05) is 0 Å². The van der Waals surface area contributed by atoms with Gasteiger partial charge in [-0.15, -0.1) is 0 Å². The van der Waals surface area contributed by atoms with E-state index in [9.17, 15) is 13.9 Å². The molecule has 20 heavy (non-hydrogen) atoms. The molecule has 0 aliphatic heterocycles. The second kappa shape index (κ2) is 6.14. The first-order valence-electron chi connectivity index (χ1n) is 6.59. The van der Waals surface area contributed by atoms with Crippen LogP contribution in [0.2, 0.25) is 0 Å². The van der Waals surface area contributed by atoms with Crippen LogP contribution in [0.25, 0.3) is 0 Å². The number of benzene rings is 2. The van der Waals surface area contributed by atoms with Gasteiger partial charge in [-0.05, 0) is 36.6 Å². The Morgan fingerprint density at radius 3 is 2.40 bits per heavy atom. The maximum atomic E-state index is 12.7. The molecule has 1 unspecified atom stereocenters. The zero-order valence-corrected chi connectivity index (χ0v) is 11.6. The van der Waals surface area contributed by atoms with Gasteiger partial charge in [-0.3, -0.25) is 0 Å². The van der Waals surface area contributed by atoms with E-state index in [2.05, 4.69) is 0 Å². The largest absolute Gasteiger partial charge is 0.388 e. The molecule has 3 heteroatoms. The summed E-state index contributed by atoms with van der Waals surface area (Å²) in [6.07, 6.45) is -2.85. The van der Waals surface area contributed by atoms with Crippen molar-refractivity contribution in [1.82, 2.24) is 0 Å². The van der Waals surface area contributed by atoms with E-state index in [1.165, 1.54) is 12.1 Å². The molecule has 0 fully saturated rings. The minimum Gasteiger partial charge on any atom is -0.388 e. The lowest BCUT2D eigenvalue weighted by molar-refractivity contribution is 0.149. The molecule has 0 radical (unpaired) electrons. The zero-order chi connectivity index (χ0) is 14.7. The Hall–Kier alpha value is -1.74. The van der Waals surface area contributed by atoms with E-state index in [1.54, 1.807) is 12.1 Å². The molecule has 0 saturated carbocycles. The van der Waals surface area contributed by atoms with Crippen LogP contribution >= 0.6 is 0 Å². The maximum absolute atomic E-state index is 12.7. The smallest absolute Gasteiger partial charge is 0.263 e. The van der Waals surface area contributed by atoms with Gasteiger partial charge in [0.25, 0.3) is 6.43 Å². The van der Waals surface area contributed by atoms with Crippen LogP contribution in [-0.4, -0.2) is 5.11 Å². The molecule has 0 heterocycles. The van der Waals surface area contributed by atoms with Gasteiger partial charge in [-0.2, -0.15) is 0 Å². The third-order valence-corrected chi connectivity index (χ3v) is 3.47. The second-order valence-electron chi connectivity index (χ2n) is 5.12. The van der Waals surface area contributed by atoms with Crippen LogP contribution in [-0.2, 0) is 6.42 Å². The van der Waals surface area contributed by atoms with Crippen molar-refractivity contribution in [3.05, 3.63) is 70.3 Å². The summed E-state index contributed by atoms with van der Waals surface area (Å²) in [7, 11) is 0. The highest BCUT2D eigenvalue weighted by Crippen LogP contribution is 2.25. The van der Waals surface area contributed by atoms with Crippen LogP contribution in [0.3, 0.4) is 0 Å². The highest BCUT2D eigenvalue weighted by molar-refractivity contribution is 5.33. The molecular weight excluding hydrogens is 258 g/mol. The number of rotatable bonds is 4. The van der Waals surface area contributed by atoms with Gasteiger partial charge in [0.1, 0.15) is 0 Å². The number of aliphatic hydroxyl groups is 1. The molecule has 0 amide bonds. The Bertz CT molecular complexity index is 593. The standard InChI is InChI=1S/C17H18F2O/c1-11-6-7-12(2)15(8-11)10-16(20)13-4-3-5-14(9-13)17(18)19/h3-9,16-17,20H,10H2,1-2H3. The molecule has 0 spiro atoms. The fourth-order valence-corrected chi connectivity index (χ4v) is 2.25. The molecular formula is C17H18F2O. The predicted octanol–water partition coefficient (Wildman–Crippen LogP) is 4.52. The van der Waals surface area contributed by atoms with Gasteiger partial charge in [0.15, 0.2) is 0 Å². The summed E-state index contributed by atoms with van der Waals surface area (Å²) >= 11 is 0. The molecule has 0 saturated heterocycles. The van der Waals surface area contributed by atoms with Crippen molar-refractivity contribution < 1.29 is 13.9 Å². The number of halogens is 2. The number of alkyl halides is 2. The summed E-state index contributed by atoms with van der Waals surface area (Å²) in [5, 5.41) is 10.3. The van der Waals surface area contributed by atoms with Crippen molar-refractivity contribution in [2.24, 2.45) is 0 Å². The summed E-state index contributed by atoms with van der Waals surface area (Å²) in [4.78, 5) is 0. The number of aryl methyl sites for hydroxylation is 2. The average molecular weight is 276 g/mol.